The molecule has 1 unspecified atom stereocenters. The molecule has 5 heteroatoms. The number of phenolic OH excluding ortho intramolecular Hbond substituents is 1. The standard InChI is InChI=1S/C12H13F2NO2/c1-2-7-5-6-15(12(7)17)8-3-4-9(16)11(14)10(8)13/h3-4,7,16H,2,5-6H2,1H3. The predicted octanol–water partition coefficient (Wildman–Crippen LogP) is 2.43. The number of rotatable bonds is 2. The lowest BCUT2D eigenvalue weighted by molar-refractivity contribution is -0.120. The molecule has 1 aromatic carbocycles. The summed E-state index contributed by atoms with van der Waals surface area (Å²) in [6.45, 7) is 2.28. The van der Waals surface area contributed by atoms with E-state index in [4.69, 9.17) is 5.11 Å². The topological polar surface area (TPSA) is 40.5 Å². The summed E-state index contributed by atoms with van der Waals surface area (Å²) in [6.07, 6.45) is 1.34. The number of aromatic hydroxyl groups is 1. The van der Waals surface area contributed by atoms with Crippen molar-refractivity contribution in [1.29, 1.82) is 0 Å². The zero-order valence-corrected chi connectivity index (χ0v) is 9.41. The molecule has 0 aromatic heterocycles. The van der Waals surface area contributed by atoms with Crippen molar-refractivity contribution in [3.63, 3.8) is 0 Å². The van der Waals surface area contributed by atoms with Gasteiger partial charge in [0.1, 0.15) is 0 Å². The van der Waals surface area contributed by atoms with Gasteiger partial charge in [0.05, 0.1) is 5.69 Å². The molecular formula is C12H13F2NO2. The smallest absolute Gasteiger partial charge is 0.230 e. The summed E-state index contributed by atoms with van der Waals surface area (Å²) in [5.41, 5.74) is -0.0961. The van der Waals surface area contributed by atoms with Crippen molar-refractivity contribution in [3.8, 4) is 5.75 Å². The Morgan fingerprint density at radius 3 is 2.71 bits per heavy atom. The van der Waals surface area contributed by atoms with Crippen molar-refractivity contribution in [2.75, 3.05) is 11.4 Å². The highest BCUT2D eigenvalue weighted by Crippen LogP contribution is 2.32. The summed E-state index contributed by atoms with van der Waals surface area (Å²) < 4.78 is 26.8. The fraction of sp³-hybridized carbons (Fsp3) is 0.417. The molecule has 1 atom stereocenters. The van der Waals surface area contributed by atoms with Gasteiger partial charge >= 0.3 is 0 Å². The minimum atomic E-state index is -1.31. The van der Waals surface area contributed by atoms with Gasteiger partial charge in [-0.3, -0.25) is 4.79 Å². The molecule has 92 valence electrons. The molecule has 17 heavy (non-hydrogen) atoms. The van der Waals surface area contributed by atoms with Crippen LogP contribution in [0.4, 0.5) is 14.5 Å². The lowest BCUT2D eigenvalue weighted by Crippen LogP contribution is -2.27. The third-order valence-corrected chi connectivity index (χ3v) is 3.14. The Hall–Kier alpha value is -1.65. The molecule has 2 rings (SSSR count). The molecule has 1 aliphatic rings. The summed E-state index contributed by atoms with van der Waals surface area (Å²) in [5.74, 6) is -3.53. The highest BCUT2D eigenvalue weighted by molar-refractivity contribution is 5.97. The maximum atomic E-state index is 13.6. The van der Waals surface area contributed by atoms with Crippen molar-refractivity contribution in [2.45, 2.75) is 19.8 Å². The number of carbonyl (C=O) groups is 1. The maximum Gasteiger partial charge on any atom is 0.230 e. The maximum absolute atomic E-state index is 13.6. The Labute approximate surface area is 97.7 Å². The van der Waals surface area contributed by atoms with Gasteiger partial charge in [-0.05, 0) is 25.0 Å². The van der Waals surface area contributed by atoms with Crippen LogP contribution < -0.4 is 4.90 Å². The zero-order chi connectivity index (χ0) is 12.6. The highest BCUT2D eigenvalue weighted by atomic mass is 19.2. The Morgan fingerprint density at radius 2 is 2.12 bits per heavy atom. The lowest BCUT2D eigenvalue weighted by Gasteiger charge is -2.17. The zero-order valence-electron chi connectivity index (χ0n) is 9.41. The fourth-order valence-corrected chi connectivity index (χ4v) is 2.09. The van der Waals surface area contributed by atoms with Crippen LogP contribution in [0.25, 0.3) is 0 Å². The van der Waals surface area contributed by atoms with Gasteiger partial charge < -0.3 is 10.0 Å². The molecule has 1 heterocycles. The quantitative estimate of drug-likeness (QED) is 0.863. The van der Waals surface area contributed by atoms with E-state index >= 15 is 0 Å². The van der Waals surface area contributed by atoms with Crippen LogP contribution in [0.5, 0.6) is 5.75 Å². The average Bonchev–Trinajstić information content (AvgIpc) is 2.68. The first-order valence-electron chi connectivity index (χ1n) is 5.54. The third kappa shape index (κ3) is 1.85. The van der Waals surface area contributed by atoms with Crippen LogP contribution in [-0.4, -0.2) is 17.6 Å². The predicted molar refractivity (Wildman–Crippen MR) is 58.8 cm³/mol. The summed E-state index contributed by atoms with van der Waals surface area (Å²) in [6, 6.07) is 2.28. The minimum absolute atomic E-state index is 0.0961. The van der Waals surface area contributed by atoms with E-state index in [0.29, 0.717) is 19.4 Å². The summed E-state index contributed by atoms with van der Waals surface area (Å²) >= 11 is 0. The van der Waals surface area contributed by atoms with Gasteiger partial charge in [0, 0.05) is 12.5 Å². The molecule has 1 aliphatic heterocycles. The molecule has 1 saturated heterocycles. The number of amides is 1. The van der Waals surface area contributed by atoms with Gasteiger partial charge in [0.15, 0.2) is 11.6 Å². The number of hydrogen-bond donors (Lipinski definition) is 1. The molecule has 0 radical (unpaired) electrons. The van der Waals surface area contributed by atoms with Crippen LogP contribution in [0.3, 0.4) is 0 Å². The number of nitrogens with zero attached hydrogens (tertiary/aromatic N) is 1. The van der Waals surface area contributed by atoms with Crippen LogP contribution in [-0.2, 0) is 4.79 Å². The molecule has 1 aromatic rings. The van der Waals surface area contributed by atoms with Gasteiger partial charge in [0.25, 0.3) is 0 Å². The number of anilines is 1. The molecule has 3 nitrogen and oxygen atoms in total. The van der Waals surface area contributed by atoms with Gasteiger partial charge in [-0.15, -0.1) is 0 Å². The van der Waals surface area contributed by atoms with Crippen LogP contribution in [0.2, 0.25) is 0 Å². The second kappa shape index (κ2) is 4.31. The highest BCUT2D eigenvalue weighted by Gasteiger charge is 2.33. The number of carbonyl (C=O) groups excluding carboxylic acids is 1. The lowest BCUT2D eigenvalue weighted by atomic mass is 10.1. The van der Waals surface area contributed by atoms with Crippen molar-refractivity contribution in [2.24, 2.45) is 5.92 Å². The van der Waals surface area contributed by atoms with Crippen LogP contribution in [0.1, 0.15) is 19.8 Å². The van der Waals surface area contributed by atoms with E-state index in [1.165, 1.54) is 11.0 Å². The normalized spacial score (nSPS) is 20.1. The Kier molecular flexibility index (Phi) is 3.00. The van der Waals surface area contributed by atoms with Crippen LogP contribution in [0, 0.1) is 17.6 Å². The molecule has 0 saturated carbocycles. The van der Waals surface area contributed by atoms with Gasteiger partial charge in [-0.25, -0.2) is 4.39 Å². The van der Waals surface area contributed by atoms with E-state index in [9.17, 15) is 13.6 Å². The molecule has 1 N–H and O–H groups in total. The second-order valence-corrected chi connectivity index (χ2v) is 4.12. The Morgan fingerprint density at radius 1 is 1.41 bits per heavy atom. The largest absolute Gasteiger partial charge is 0.505 e. The molecule has 0 aliphatic carbocycles. The summed E-state index contributed by atoms with van der Waals surface area (Å²) in [5, 5.41) is 9.01. The van der Waals surface area contributed by atoms with Crippen molar-refractivity contribution < 1.29 is 18.7 Å². The van der Waals surface area contributed by atoms with Gasteiger partial charge in [0.2, 0.25) is 11.7 Å². The Balaban J connectivity index is 2.36. The molecular weight excluding hydrogens is 228 g/mol. The summed E-state index contributed by atoms with van der Waals surface area (Å²) in [4.78, 5) is 13.1. The number of halogens is 2. The van der Waals surface area contributed by atoms with Crippen molar-refractivity contribution in [1.82, 2.24) is 0 Å². The van der Waals surface area contributed by atoms with E-state index in [-0.39, 0.29) is 17.5 Å². The molecule has 1 fully saturated rings. The Bertz CT molecular complexity index is 462. The van der Waals surface area contributed by atoms with Gasteiger partial charge in [-0.1, -0.05) is 6.92 Å². The molecule has 0 bridgehead atoms. The summed E-state index contributed by atoms with van der Waals surface area (Å²) in [7, 11) is 0. The van der Waals surface area contributed by atoms with E-state index in [1.54, 1.807) is 0 Å². The average molecular weight is 241 g/mol. The molecule has 0 spiro atoms. The number of hydrogen-bond acceptors (Lipinski definition) is 2. The minimum Gasteiger partial charge on any atom is -0.505 e. The second-order valence-electron chi connectivity index (χ2n) is 4.12. The fourth-order valence-electron chi connectivity index (χ4n) is 2.09. The van der Waals surface area contributed by atoms with Crippen molar-refractivity contribution >= 4 is 11.6 Å². The van der Waals surface area contributed by atoms with E-state index in [0.717, 1.165) is 6.07 Å². The number of phenols is 1. The molecule has 1 amide bonds. The SMILES string of the molecule is CCC1CCN(c2ccc(O)c(F)c2F)C1=O. The first-order chi connectivity index (χ1) is 8.06. The van der Waals surface area contributed by atoms with Gasteiger partial charge in [-0.2, -0.15) is 4.39 Å². The van der Waals surface area contributed by atoms with E-state index < -0.39 is 17.4 Å². The van der Waals surface area contributed by atoms with Crippen molar-refractivity contribution in [3.05, 3.63) is 23.8 Å². The third-order valence-electron chi connectivity index (χ3n) is 3.14. The first kappa shape index (κ1) is 11.8. The van der Waals surface area contributed by atoms with Crippen LogP contribution >= 0.6 is 0 Å². The van der Waals surface area contributed by atoms with E-state index in [2.05, 4.69) is 0 Å². The van der Waals surface area contributed by atoms with Crippen LogP contribution in [0.15, 0.2) is 12.1 Å². The van der Waals surface area contributed by atoms with E-state index in [1.807, 2.05) is 6.92 Å². The first-order valence-corrected chi connectivity index (χ1v) is 5.54. The monoisotopic (exact) mass is 241 g/mol. The number of benzene rings is 1.